The smallest absolute Gasteiger partial charge is 0.164 e. The molecule has 0 amide bonds. The third kappa shape index (κ3) is 6.90. The molecule has 11 rings (SSSR count). The van der Waals surface area contributed by atoms with Crippen LogP contribution in [0.5, 0.6) is 0 Å². The van der Waals surface area contributed by atoms with Crippen molar-refractivity contribution in [2.75, 3.05) is 0 Å². The van der Waals surface area contributed by atoms with Crippen LogP contribution in [-0.4, -0.2) is 35.2 Å². The molecule has 8 aromatic rings. The molecule has 5 heterocycles. The van der Waals surface area contributed by atoms with Gasteiger partial charge in [0, 0.05) is 45.2 Å². The second kappa shape index (κ2) is 16.3. The molecule has 0 spiro atoms. The summed E-state index contributed by atoms with van der Waals surface area (Å²) in [4.78, 5) is 31.2. The predicted molar refractivity (Wildman–Crippen MR) is 252 cm³/mol. The molecule has 1 fully saturated rings. The largest absolute Gasteiger partial charge is 0.255 e. The Labute approximate surface area is 365 Å². The summed E-state index contributed by atoms with van der Waals surface area (Å²) >= 11 is 1.99. The van der Waals surface area contributed by atoms with Crippen LogP contribution in [0, 0.1) is 5.92 Å². The molecule has 4 aromatic heterocycles. The molecule has 1 saturated heterocycles. The van der Waals surface area contributed by atoms with E-state index in [0.717, 1.165) is 63.4 Å². The topological polar surface area (TPSA) is 77.3 Å². The number of thioether (sulfide) groups is 1. The van der Waals surface area contributed by atoms with Crippen LogP contribution in [0.25, 0.3) is 68.1 Å². The van der Waals surface area contributed by atoms with E-state index in [0.29, 0.717) is 17.5 Å². The standard InChI is InChI=1S/C55H40N6S/c1-3-17-37(18-4-1)52-59-53(38-19-5-2-6-20-38)61-54(60-52)40-22-16-24-43(34-40)55(44-25-7-9-29-50(44)62-51-30-10-8-26-45(51)55)42-23-15-21-39(33-42)41-35-48(46-27-11-13-31-56-46)58-49(36-41)47-28-12-14-32-57-47/h1-7,9,11-36,44,50H,8,10H2. The second-order valence-electron chi connectivity index (χ2n) is 15.7. The molecule has 6 nitrogen and oxygen atoms in total. The number of benzene rings is 4. The summed E-state index contributed by atoms with van der Waals surface area (Å²) < 4.78 is 0. The monoisotopic (exact) mass is 816 g/mol. The lowest BCUT2D eigenvalue weighted by Gasteiger charge is -2.51. The van der Waals surface area contributed by atoms with E-state index in [-0.39, 0.29) is 11.2 Å². The molecular weight excluding hydrogens is 777 g/mol. The average Bonchev–Trinajstić information content (AvgIpc) is 3.36. The van der Waals surface area contributed by atoms with Gasteiger partial charge in [-0.3, -0.25) is 9.97 Å². The first-order valence-corrected chi connectivity index (χ1v) is 22.0. The van der Waals surface area contributed by atoms with Gasteiger partial charge in [-0.05, 0) is 89.2 Å². The number of allylic oxidation sites excluding steroid dienone is 6. The maximum absolute atomic E-state index is 5.17. The van der Waals surface area contributed by atoms with Crippen molar-refractivity contribution >= 4 is 11.8 Å². The molecule has 1 aliphatic heterocycles. The Morgan fingerprint density at radius 1 is 0.435 bits per heavy atom. The zero-order chi connectivity index (χ0) is 41.3. The fraction of sp³-hybridized carbons (Fsp3) is 0.0909. The van der Waals surface area contributed by atoms with Gasteiger partial charge in [0.1, 0.15) is 0 Å². The predicted octanol–water partition coefficient (Wildman–Crippen LogP) is 12.8. The molecule has 0 N–H and O–H groups in total. The fourth-order valence-corrected chi connectivity index (χ4v) is 10.7. The Morgan fingerprint density at radius 3 is 1.58 bits per heavy atom. The lowest BCUT2D eigenvalue weighted by molar-refractivity contribution is 0.444. The molecule has 4 aromatic carbocycles. The lowest BCUT2D eigenvalue weighted by Crippen LogP contribution is -2.46. The van der Waals surface area contributed by atoms with Gasteiger partial charge in [0.25, 0.3) is 0 Å². The molecule has 2 aliphatic carbocycles. The number of nitrogens with zero attached hydrogens (tertiary/aromatic N) is 6. The lowest BCUT2D eigenvalue weighted by atomic mass is 9.58. The van der Waals surface area contributed by atoms with E-state index in [2.05, 4.69) is 121 Å². The Hall–Kier alpha value is -7.35. The van der Waals surface area contributed by atoms with Gasteiger partial charge in [0.2, 0.25) is 0 Å². The van der Waals surface area contributed by atoms with Crippen molar-refractivity contribution in [2.45, 2.75) is 23.5 Å². The molecule has 0 saturated carbocycles. The van der Waals surface area contributed by atoms with Gasteiger partial charge in [0.05, 0.1) is 28.2 Å². The highest BCUT2D eigenvalue weighted by molar-refractivity contribution is 8.04. The van der Waals surface area contributed by atoms with Gasteiger partial charge in [-0.25, -0.2) is 19.9 Å². The highest BCUT2D eigenvalue weighted by Gasteiger charge is 2.52. The van der Waals surface area contributed by atoms with Gasteiger partial charge in [0.15, 0.2) is 17.5 Å². The average molecular weight is 817 g/mol. The highest BCUT2D eigenvalue weighted by Crippen LogP contribution is 2.60. The minimum absolute atomic E-state index is 0.119. The normalized spacial score (nSPS) is 18.9. The number of hydrogen-bond donors (Lipinski definition) is 0. The zero-order valence-electron chi connectivity index (χ0n) is 33.8. The summed E-state index contributed by atoms with van der Waals surface area (Å²) in [5, 5.41) is 0.229. The maximum atomic E-state index is 5.17. The van der Waals surface area contributed by atoms with Crippen LogP contribution in [0.3, 0.4) is 0 Å². The van der Waals surface area contributed by atoms with Gasteiger partial charge in [-0.2, -0.15) is 0 Å². The summed E-state index contributed by atoms with van der Waals surface area (Å²) in [7, 11) is 0. The van der Waals surface area contributed by atoms with E-state index >= 15 is 0 Å². The van der Waals surface area contributed by atoms with Crippen LogP contribution in [0.1, 0.15) is 24.0 Å². The first-order valence-electron chi connectivity index (χ1n) is 21.1. The van der Waals surface area contributed by atoms with Crippen molar-refractivity contribution in [1.29, 1.82) is 0 Å². The van der Waals surface area contributed by atoms with Gasteiger partial charge in [-0.1, -0.05) is 146 Å². The number of fused-ring (bicyclic) bond motifs is 2. The van der Waals surface area contributed by atoms with Crippen molar-refractivity contribution in [1.82, 2.24) is 29.9 Å². The van der Waals surface area contributed by atoms with Crippen LogP contribution in [0.15, 0.2) is 217 Å². The van der Waals surface area contributed by atoms with Crippen molar-refractivity contribution in [3.63, 3.8) is 0 Å². The van der Waals surface area contributed by atoms with Crippen LogP contribution in [0.2, 0.25) is 0 Å². The van der Waals surface area contributed by atoms with Gasteiger partial charge in [-0.15, -0.1) is 11.8 Å². The molecule has 62 heavy (non-hydrogen) atoms. The number of aromatic nitrogens is 6. The van der Waals surface area contributed by atoms with E-state index in [9.17, 15) is 0 Å². The Morgan fingerprint density at radius 2 is 0.968 bits per heavy atom. The van der Waals surface area contributed by atoms with Gasteiger partial charge >= 0.3 is 0 Å². The first-order chi connectivity index (χ1) is 30.7. The summed E-state index contributed by atoms with van der Waals surface area (Å²) in [5.41, 5.74) is 11.4. The minimum atomic E-state index is -0.548. The Kier molecular flexibility index (Phi) is 9.87. The third-order valence-electron chi connectivity index (χ3n) is 12.0. The number of hydrogen-bond acceptors (Lipinski definition) is 7. The van der Waals surface area contributed by atoms with Gasteiger partial charge < -0.3 is 0 Å². The van der Waals surface area contributed by atoms with Crippen molar-refractivity contribution < 1.29 is 0 Å². The van der Waals surface area contributed by atoms with Crippen LogP contribution >= 0.6 is 11.8 Å². The Balaban J connectivity index is 1.13. The Bertz CT molecular complexity index is 2770. The molecule has 3 atom stereocenters. The summed E-state index contributed by atoms with van der Waals surface area (Å²) in [6, 6.07) is 54.7. The van der Waals surface area contributed by atoms with Crippen molar-refractivity contribution in [3.8, 4) is 68.1 Å². The maximum Gasteiger partial charge on any atom is 0.164 e. The van der Waals surface area contributed by atoms with Crippen LogP contribution in [-0.2, 0) is 5.41 Å². The molecule has 0 bridgehead atoms. The molecule has 296 valence electrons. The number of pyridine rings is 3. The fourth-order valence-electron chi connectivity index (χ4n) is 9.17. The summed E-state index contributed by atoms with van der Waals surface area (Å²) in [6.07, 6.45) is 19.8. The molecule has 0 radical (unpaired) electrons. The van der Waals surface area contributed by atoms with Crippen LogP contribution < -0.4 is 0 Å². The van der Waals surface area contributed by atoms with Crippen molar-refractivity contribution in [3.05, 3.63) is 228 Å². The van der Waals surface area contributed by atoms with E-state index < -0.39 is 5.41 Å². The van der Waals surface area contributed by atoms with Crippen molar-refractivity contribution in [2.24, 2.45) is 5.92 Å². The zero-order valence-corrected chi connectivity index (χ0v) is 34.6. The molecule has 7 heteroatoms. The quantitative estimate of drug-likeness (QED) is 0.151. The van der Waals surface area contributed by atoms with Crippen LogP contribution in [0.4, 0.5) is 0 Å². The van der Waals surface area contributed by atoms with E-state index in [4.69, 9.17) is 29.9 Å². The molecule has 3 aliphatic rings. The summed E-state index contributed by atoms with van der Waals surface area (Å²) in [5.74, 6) is 2.04. The third-order valence-corrected chi connectivity index (χ3v) is 13.4. The van der Waals surface area contributed by atoms with E-state index in [1.165, 1.54) is 21.6 Å². The van der Waals surface area contributed by atoms with E-state index in [1.54, 1.807) is 0 Å². The highest BCUT2D eigenvalue weighted by atomic mass is 32.2. The molecule has 3 unspecified atom stereocenters. The van der Waals surface area contributed by atoms with E-state index in [1.807, 2.05) is 97.0 Å². The number of rotatable bonds is 8. The molecular formula is C55H40N6S. The minimum Gasteiger partial charge on any atom is -0.255 e. The first kappa shape index (κ1) is 37.6. The summed E-state index contributed by atoms with van der Waals surface area (Å²) in [6.45, 7) is 0. The SMILES string of the molecule is C1=CC2SC3=CCCC=C3C(c3cccc(-c4cc(-c5ccccn5)nc(-c5ccccn5)c4)c3)(c3cccc(-c4nc(-c5ccccc5)nc(-c5ccccc5)n4)c3)C2C=C1. The second-order valence-corrected chi connectivity index (χ2v) is 16.9.